The molecule has 0 atom stereocenters. The molecule has 0 saturated heterocycles. The predicted octanol–water partition coefficient (Wildman–Crippen LogP) is 5.83. The molecule has 4 nitrogen and oxygen atoms in total. The highest BCUT2D eigenvalue weighted by Crippen LogP contribution is 2.44. The maximum absolute atomic E-state index is 11.6. The quantitative estimate of drug-likeness (QED) is 0.532. The lowest BCUT2D eigenvalue weighted by molar-refractivity contribution is -0.140. The lowest BCUT2D eigenvalue weighted by Crippen LogP contribution is -2.33. The Labute approximate surface area is 180 Å². The molecule has 0 aromatic heterocycles. The van der Waals surface area contributed by atoms with E-state index in [1.165, 1.54) is 81.9 Å². The van der Waals surface area contributed by atoms with Gasteiger partial charge in [-0.3, -0.25) is 9.59 Å². The van der Waals surface area contributed by atoms with Crippen LogP contribution in [0, 0.1) is 17.8 Å². The molecule has 4 rings (SSSR count). The summed E-state index contributed by atoms with van der Waals surface area (Å²) in [5.41, 5.74) is 1.39. The Kier molecular flexibility index (Phi) is 6.91. The molecule has 2 fully saturated rings. The number of ether oxygens (including phenoxy) is 1. The number of imide groups is 1. The highest BCUT2D eigenvalue weighted by atomic mass is 16.5. The third-order valence-electron chi connectivity index (χ3n) is 7.64. The minimum absolute atomic E-state index is 0.0321. The Morgan fingerprint density at radius 2 is 1.40 bits per heavy atom. The normalized spacial score (nSPS) is 29.4. The van der Waals surface area contributed by atoms with Crippen LogP contribution in [-0.2, 0) is 9.59 Å². The number of hydrogen-bond donors (Lipinski definition) is 0. The average Bonchev–Trinajstić information content (AvgIpc) is 3.11. The largest absolute Gasteiger partial charge is 0.473 e. The summed E-state index contributed by atoms with van der Waals surface area (Å²) < 4.78 is 5.64. The molecule has 1 aromatic rings. The highest BCUT2D eigenvalue weighted by molar-refractivity contribution is 6.12. The van der Waals surface area contributed by atoms with Gasteiger partial charge in [0.1, 0.15) is 5.75 Å². The fourth-order valence-corrected chi connectivity index (χ4v) is 5.81. The van der Waals surface area contributed by atoms with E-state index in [9.17, 15) is 9.59 Å². The Morgan fingerprint density at radius 3 is 1.97 bits per heavy atom. The summed E-state index contributed by atoms with van der Waals surface area (Å²) in [4.78, 5) is 24.3. The van der Waals surface area contributed by atoms with E-state index in [0.29, 0.717) is 11.7 Å². The highest BCUT2D eigenvalue weighted by Gasteiger charge is 2.31. The van der Waals surface area contributed by atoms with Gasteiger partial charge in [-0.1, -0.05) is 44.7 Å². The van der Waals surface area contributed by atoms with Gasteiger partial charge in [0.2, 0.25) is 0 Å². The number of benzene rings is 1. The summed E-state index contributed by atoms with van der Waals surface area (Å²) in [5.74, 6) is 3.64. The van der Waals surface area contributed by atoms with Gasteiger partial charge in [0, 0.05) is 12.2 Å². The van der Waals surface area contributed by atoms with Crippen LogP contribution in [0.3, 0.4) is 0 Å². The SMILES string of the molecule is CCCC1CCC(C2CCC(c3ccc(OCN4C(=O)C=CC4=O)cc3)CC2)CC1. The minimum Gasteiger partial charge on any atom is -0.473 e. The molecule has 0 bridgehead atoms. The molecular formula is C26H35NO3. The Bertz CT molecular complexity index is 735. The van der Waals surface area contributed by atoms with Crippen molar-refractivity contribution in [3.8, 4) is 5.75 Å². The van der Waals surface area contributed by atoms with Crippen LogP contribution in [0.2, 0.25) is 0 Å². The van der Waals surface area contributed by atoms with Gasteiger partial charge in [-0.05, 0) is 79.9 Å². The second kappa shape index (κ2) is 9.80. The number of rotatable bonds is 7. The first-order valence-corrected chi connectivity index (χ1v) is 11.9. The molecule has 2 amide bonds. The molecule has 4 heteroatoms. The molecule has 0 radical (unpaired) electrons. The first-order valence-electron chi connectivity index (χ1n) is 11.9. The summed E-state index contributed by atoms with van der Waals surface area (Å²) in [5, 5.41) is 0. The maximum atomic E-state index is 11.6. The van der Waals surface area contributed by atoms with Crippen molar-refractivity contribution in [2.75, 3.05) is 6.73 Å². The van der Waals surface area contributed by atoms with Crippen LogP contribution in [0.25, 0.3) is 0 Å². The summed E-state index contributed by atoms with van der Waals surface area (Å²) in [6.07, 6.45) is 16.5. The zero-order chi connectivity index (χ0) is 20.9. The predicted molar refractivity (Wildman–Crippen MR) is 118 cm³/mol. The van der Waals surface area contributed by atoms with E-state index in [4.69, 9.17) is 4.74 Å². The number of nitrogens with zero attached hydrogens (tertiary/aromatic N) is 1. The van der Waals surface area contributed by atoms with Gasteiger partial charge in [0.05, 0.1) is 0 Å². The van der Waals surface area contributed by atoms with Crippen molar-refractivity contribution < 1.29 is 14.3 Å². The first kappa shape index (κ1) is 21.1. The maximum Gasteiger partial charge on any atom is 0.256 e. The van der Waals surface area contributed by atoms with Crippen molar-refractivity contribution in [1.82, 2.24) is 4.90 Å². The Morgan fingerprint density at radius 1 is 0.833 bits per heavy atom. The lowest BCUT2D eigenvalue weighted by Gasteiger charge is -2.38. The van der Waals surface area contributed by atoms with Gasteiger partial charge in [0.25, 0.3) is 11.8 Å². The van der Waals surface area contributed by atoms with Crippen molar-refractivity contribution in [1.29, 1.82) is 0 Å². The van der Waals surface area contributed by atoms with Crippen LogP contribution in [0.1, 0.15) is 82.6 Å². The van der Waals surface area contributed by atoms with Crippen LogP contribution in [0.5, 0.6) is 5.75 Å². The van der Waals surface area contributed by atoms with Gasteiger partial charge in [-0.25, -0.2) is 4.90 Å². The van der Waals surface area contributed by atoms with Crippen LogP contribution >= 0.6 is 0 Å². The summed E-state index contributed by atoms with van der Waals surface area (Å²) in [6.45, 7) is 2.29. The lowest BCUT2D eigenvalue weighted by atomic mass is 9.68. The molecule has 0 N–H and O–H groups in total. The van der Waals surface area contributed by atoms with Crippen molar-refractivity contribution in [3.05, 3.63) is 42.0 Å². The van der Waals surface area contributed by atoms with Gasteiger partial charge in [0.15, 0.2) is 6.73 Å². The van der Waals surface area contributed by atoms with Crippen LogP contribution < -0.4 is 4.74 Å². The van der Waals surface area contributed by atoms with Gasteiger partial charge < -0.3 is 4.74 Å². The third-order valence-corrected chi connectivity index (χ3v) is 7.64. The van der Waals surface area contributed by atoms with E-state index in [2.05, 4.69) is 19.1 Å². The Balaban J connectivity index is 1.22. The summed E-state index contributed by atoms with van der Waals surface area (Å²) in [6, 6.07) is 8.24. The second-order valence-corrected chi connectivity index (χ2v) is 9.46. The minimum atomic E-state index is -0.313. The van der Waals surface area contributed by atoms with Gasteiger partial charge in [-0.15, -0.1) is 0 Å². The zero-order valence-electron chi connectivity index (χ0n) is 18.2. The summed E-state index contributed by atoms with van der Waals surface area (Å²) >= 11 is 0. The molecule has 1 heterocycles. The molecule has 30 heavy (non-hydrogen) atoms. The molecular weight excluding hydrogens is 374 g/mol. The monoisotopic (exact) mass is 409 g/mol. The second-order valence-electron chi connectivity index (χ2n) is 9.46. The fourth-order valence-electron chi connectivity index (χ4n) is 5.81. The van der Waals surface area contributed by atoms with Crippen LogP contribution in [0.15, 0.2) is 36.4 Å². The number of hydrogen-bond acceptors (Lipinski definition) is 3. The van der Waals surface area contributed by atoms with Gasteiger partial charge >= 0.3 is 0 Å². The van der Waals surface area contributed by atoms with Crippen molar-refractivity contribution in [2.24, 2.45) is 17.8 Å². The van der Waals surface area contributed by atoms with E-state index in [-0.39, 0.29) is 18.5 Å². The van der Waals surface area contributed by atoms with E-state index in [1.807, 2.05) is 12.1 Å². The average molecular weight is 410 g/mol. The van der Waals surface area contributed by atoms with Gasteiger partial charge in [-0.2, -0.15) is 0 Å². The fraction of sp³-hybridized carbons (Fsp3) is 0.615. The Hall–Kier alpha value is -2.10. The van der Waals surface area contributed by atoms with Crippen LogP contribution in [0.4, 0.5) is 0 Å². The van der Waals surface area contributed by atoms with Crippen molar-refractivity contribution >= 4 is 11.8 Å². The number of amides is 2. The number of carbonyl (C=O) groups is 2. The van der Waals surface area contributed by atoms with E-state index in [0.717, 1.165) is 22.7 Å². The molecule has 0 spiro atoms. The van der Waals surface area contributed by atoms with E-state index < -0.39 is 0 Å². The van der Waals surface area contributed by atoms with E-state index in [1.54, 1.807) is 0 Å². The third kappa shape index (κ3) is 4.96. The molecule has 3 aliphatic rings. The molecule has 1 aliphatic heterocycles. The summed E-state index contributed by atoms with van der Waals surface area (Å²) in [7, 11) is 0. The molecule has 2 saturated carbocycles. The molecule has 162 valence electrons. The van der Waals surface area contributed by atoms with Crippen molar-refractivity contribution in [2.45, 2.75) is 77.0 Å². The first-order chi connectivity index (χ1) is 14.6. The molecule has 0 unspecified atom stereocenters. The van der Waals surface area contributed by atoms with E-state index >= 15 is 0 Å². The smallest absolute Gasteiger partial charge is 0.256 e. The topological polar surface area (TPSA) is 46.6 Å². The zero-order valence-corrected chi connectivity index (χ0v) is 18.2. The van der Waals surface area contributed by atoms with Crippen LogP contribution in [-0.4, -0.2) is 23.4 Å². The van der Waals surface area contributed by atoms with Crippen molar-refractivity contribution in [3.63, 3.8) is 0 Å². The number of carbonyl (C=O) groups excluding carboxylic acids is 2. The molecule has 1 aromatic carbocycles. The molecule has 2 aliphatic carbocycles. The standard InChI is InChI=1S/C26H35NO3/c1-2-3-19-4-6-20(7-5-19)21-8-10-22(11-9-21)23-12-14-24(15-13-23)30-18-27-25(28)16-17-26(27)29/h12-17,19-22H,2-11,18H2,1H3.